The van der Waals surface area contributed by atoms with Gasteiger partial charge in [-0.15, -0.1) is 11.1 Å². The zero-order chi connectivity index (χ0) is 13.9. The van der Waals surface area contributed by atoms with Gasteiger partial charge < -0.3 is 14.9 Å². The summed E-state index contributed by atoms with van der Waals surface area (Å²) in [5.74, 6) is 0. The fourth-order valence-corrected chi connectivity index (χ4v) is 2.69. The van der Waals surface area contributed by atoms with Crippen molar-refractivity contribution in [3.8, 4) is 11.1 Å². The second-order valence-corrected chi connectivity index (χ2v) is 5.33. The van der Waals surface area contributed by atoms with E-state index < -0.39 is 0 Å². The van der Waals surface area contributed by atoms with Crippen LogP contribution in [0.2, 0.25) is 0 Å². The van der Waals surface area contributed by atoms with E-state index in [9.17, 15) is 0 Å². The Morgan fingerprint density at radius 2 is 1.57 bits per heavy atom. The second-order valence-electron chi connectivity index (χ2n) is 5.33. The summed E-state index contributed by atoms with van der Waals surface area (Å²) in [4.78, 5) is 0. The summed E-state index contributed by atoms with van der Waals surface area (Å²) >= 11 is 0. The topological polar surface area (TPSA) is 0 Å². The number of benzene rings is 2. The molecule has 1 aliphatic carbocycles. The molecule has 0 unspecified atom stereocenters. The first-order chi connectivity index (χ1) is 9.74. The molecule has 0 amide bonds. The van der Waals surface area contributed by atoms with Gasteiger partial charge in [-0.3, -0.25) is 0 Å². The molecule has 0 fully saturated rings. The van der Waals surface area contributed by atoms with Gasteiger partial charge in [0.1, 0.15) is 0 Å². The Bertz CT molecular complexity index is 642. The molecule has 1 heteroatoms. The van der Waals surface area contributed by atoms with E-state index in [0.29, 0.717) is 0 Å². The monoisotopic (exact) mass is 468 g/mol. The standard InChI is InChI=1S/C15H13.C5H5.2CH3.Hf/c1-10-3-5-14-12(7-10)9-13-8-11(2)4-6-15(13)14;1-2-4-5-3-1;;;/h3-7H,9H2,1-2H3;1-5H;2*1H3;/q4*-1;+4. The van der Waals surface area contributed by atoms with E-state index in [4.69, 9.17) is 0 Å². The Hall–Kier alpha value is -1.34. The minimum Gasteiger partial charge on any atom is -0.358 e. The quantitative estimate of drug-likeness (QED) is 0.221. The van der Waals surface area contributed by atoms with Crippen molar-refractivity contribution in [1.29, 1.82) is 0 Å². The van der Waals surface area contributed by atoms with Crippen LogP contribution < -0.4 is 0 Å². The van der Waals surface area contributed by atoms with Gasteiger partial charge in [-0.05, 0) is 18.9 Å². The van der Waals surface area contributed by atoms with Crippen LogP contribution in [0.25, 0.3) is 11.1 Å². The molecule has 0 saturated carbocycles. The molecule has 3 aromatic rings. The van der Waals surface area contributed by atoms with E-state index in [1.807, 2.05) is 30.3 Å². The number of aryl methyl sites for hydroxylation is 2. The van der Waals surface area contributed by atoms with E-state index in [0.717, 1.165) is 6.42 Å². The van der Waals surface area contributed by atoms with Gasteiger partial charge in [-0.25, -0.2) is 12.1 Å². The van der Waals surface area contributed by atoms with Gasteiger partial charge in [0, 0.05) is 0 Å². The van der Waals surface area contributed by atoms with Crippen molar-refractivity contribution in [2.75, 3.05) is 0 Å². The molecule has 0 nitrogen and oxygen atoms in total. The maximum Gasteiger partial charge on any atom is 4.00 e. The van der Waals surface area contributed by atoms with Crippen LogP contribution in [0.3, 0.4) is 0 Å². The molecule has 3 aromatic carbocycles. The van der Waals surface area contributed by atoms with Crippen molar-refractivity contribution in [3.05, 3.63) is 104 Å². The molecular formula is C22H24Hf. The maximum atomic E-state index is 3.45. The Morgan fingerprint density at radius 3 is 2.17 bits per heavy atom. The smallest absolute Gasteiger partial charge is 0.358 e. The molecule has 4 rings (SSSR count). The van der Waals surface area contributed by atoms with Crippen molar-refractivity contribution in [1.82, 2.24) is 0 Å². The maximum absolute atomic E-state index is 3.45. The van der Waals surface area contributed by atoms with E-state index >= 15 is 0 Å². The molecule has 23 heavy (non-hydrogen) atoms. The summed E-state index contributed by atoms with van der Waals surface area (Å²) in [6.07, 6.45) is 1.05. The summed E-state index contributed by atoms with van der Waals surface area (Å²) in [7, 11) is 0. The van der Waals surface area contributed by atoms with E-state index in [-0.39, 0.29) is 40.7 Å². The third kappa shape index (κ3) is 5.07. The zero-order valence-electron chi connectivity index (χ0n) is 14.5. The molecule has 0 heterocycles. The first-order valence-electron chi connectivity index (χ1n) is 7.02. The van der Waals surface area contributed by atoms with Crippen LogP contribution >= 0.6 is 0 Å². The Labute approximate surface area is 160 Å². The fourth-order valence-electron chi connectivity index (χ4n) is 2.69. The van der Waals surface area contributed by atoms with Crippen LogP contribution in [0.15, 0.2) is 60.7 Å². The van der Waals surface area contributed by atoms with Gasteiger partial charge in [-0.2, -0.15) is 42.0 Å². The molecule has 116 valence electrons. The van der Waals surface area contributed by atoms with Gasteiger partial charge >= 0.3 is 25.8 Å². The first-order valence-corrected chi connectivity index (χ1v) is 7.02. The molecule has 0 saturated heterocycles. The minimum atomic E-state index is 0. The number of hydrogen-bond donors (Lipinski definition) is 0. The molecular weight excluding hydrogens is 443 g/mol. The largest absolute Gasteiger partial charge is 4.00 e. The fraction of sp³-hybridized carbons (Fsp3) is 0.136. The summed E-state index contributed by atoms with van der Waals surface area (Å²) in [5.41, 5.74) is 8.15. The predicted octanol–water partition coefficient (Wildman–Crippen LogP) is 5.98. The van der Waals surface area contributed by atoms with Crippen LogP contribution in [-0.2, 0) is 32.3 Å². The van der Waals surface area contributed by atoms with Crippen molar-refractivity contribution < 1.29 is 25.8 Å². The van der Waals surface area contributed by atoms with E-state index in [2.05, 4.69) is 50.2 Å². The predicted molar refractivity (Wildman–Crippen MR) is 97.9 cm³/mol. The Morgan fingerprint density at radius 1 is 0.913 bits per heavy atom. The molecule has 1 aliphatic rings. The van der Waals surface area contributed by atoms with Gasteiger partial charge in [0.25, 0.3) is 0 Å². The van der Waals surface area contributed by atoms with Gasteiger partial charge in [0.2, 0.25) is 0 Å². The van der Waals surface area contributed by atoms with Gasteiger partial charge in [0.15, 0.2) is 0 Å². The van der Waals surface area contributed by atoms with Crippen LogP contribution in [0.1, 0.15) is 22.3 Å². The Kier molecular flexibility index (Phi) is 9.16. The normalized spacial score (nSPS) is 9.83. The first kappa shape index (κ1) is 21.7. The van der Waals surface area contributed by atoms with Gasteiger partial charge in [0.05, 0.1) is 0 Å². The average Bonchev–Trinajstić information content (AvgIpc) is 3.08. The summed E-state index contributed by atoms with van der Waals surface area (Å²) in [5, 5.41) is 0. The molecule has 0 aliphatic heterocycles. The van der Waals surface area contributed by atoms with Crippen molar-refractivity contribution in [2.24, 2.45) is 0 Å². The molecule has 0 spiro atoms. The van der Waals surface area contributed by atoms with Crippen molar-refractivity contribution in [2.45, 2.75) is 20.3 Å². The third-order valence-electron chi connectivity index (χ3n) is 3.65. The van der Waals surface area contributed by atoms with Gasteiger partial charge in [-0.1, -0.05) is 36.2 Å². The van der Waals surface area contributed by atoms with E-state index in [1.54, 1.807) is 0 Å². The molecule has 0 radical (unpaired) electrons. The number of hydrogen-bond acceptors (Lipinski definition) is 0. The van der Waals surface area contributed by atoms with Crippen LogP contribution in [-0.4, -0.2) is 0 Å². The molecule has 0 N–H and O–H groups in total. The second kappa shape index (κ2) is 9.72. The van der Waals surface area contributed by atoms with Crippen molar-refractivity contribution >= 4 is 0 Å². The minimum absolute atomic E-state index is 0. The number of fused-ring (bicyclic) bond motifs is 3. The summed E-state index contributed by atoms with van der Waals surface area (Å²) < 4.78 is 0. The van der Waals surface area contributed by atoms with Crippen LogP contribution in [0, 0.1) is 34.8 Å². The zero-order valence-corrected chi connectivity index (χ0v) is 18.1. The van der Waals surface area contributed by atoms with Crippen molar-refractivity contribution in [3.63, 3.8) is 0 Å². The Balaban J connectivity index is 0.000000529. The van der Waals surface area contributed by atoms with E-state index in [1.165, 1.54) is 33.4 Å². The van der Waals surface area contributed by atoms with Crippen LogP contribution in [0.4, 0.5) is 0 Å². The summed E-state index contributed by atoms with van der Waals surface area (Å²) in [6, 6.07) is 24.5. The third-order valence-corrected chi connectivity index (χ3v) is 3.65. The average molecular weight is 467 g/mol. The molecule has 0 aromatic heterocycles. The molecule has 0 bridgehead atoms. The molecule has 0 atom stereocenters. The summed E-state index contributed by atoms with van der Waals surface area (Å²) in [6.45, 7) is 4.26. The van der Waals surface area contributed by atoms with Crippen LogP contribution in [0.5, 0.6) is 0 Å². The number of rotatable bonds is 0. The SMILES string of the molecule is Cc1[c-]c2c(cc1)-c1ccc(C)cc1C2.[CH3-].[CH3-].[Hf+4].c1cc[cH-]c1.